The van der Waals surface area contributed by atoms with Crippen LogP contribution in [0.2, 0.25) is 0 Å². The second-order valence-corrected chi connectivity index (χ2v) is 5.85. The third-order valence-corrected chi connectivity index (χ3v) is 4.24. The SMILES string of the molecule is Cc1cnc(N)nc1N1CCC(Cc2ccccc2)CC1. The van der Waals surface area contributed by atoms with Gasteiger partial charge in [-0.3, -0.25) is 0 Å². The third kappa shape index (κ3) is 3.32. The van der Waals surface area contributed by atoms with E-state index in [1.165, 1.54) is 24.8 Å². The first kappa shape index (κ1) is 13.9. The molecule has 1 aliphatic rings. The number of rotatable bonds is 3. The van der Waals surface area contributed by atoms with Gasteiger partial charge in [-0.2, -0.15) is 4.98 Å². The highest BCUT2D eigenvalue weighted by atomic mass is 15.2. The number of hydrogen-bond acceptors (Lipinski definition) is 4. The van der Waals surface area contributed by atoms with Crippen molar-refractivity contribution in [2.24, 2.45) is 5.92 Å². The Bertz CT molecular complexity index is 589. The van der Waals surface area contributed by atoms with Crippen LogP contribution in [0.5, 0.6) is 0 Å². The summed E-state index contributed by atoms with van der Waals surface area (Å²) in [6, 6.07) is 10.8. The van der Waals surface area contributed by atoms with Crippen LogP contribution in [0.15, 0.2) is 36.5 Å². The highest BCUT2D eigenvalue weighted by Crippen LogP contribution is 2.26. The van der Waals surface area contributed by atoms with Gasteiger partial charge in [-0.15, -0.1) is 0 Å². The lowest BCUT2D eigenvalue weighted by molar-refractivity contribution is 0.402. The van der Waals surface area contributed by atoms with Gasteiger partial charge in [0, 0.05) is 24.8 Å². The lowest BCUT2D eigenvalue weighted by Gasteiger charge is -2.33. The standard InChI is InChI=1S/C17H22N4/c1-13-12-19-17(18)20-16(13)21-9-7-15(8-10-21)11-14-5-3-2-4-6-14/h2-6,12,15H,7-11H2,1H3,(H2,18,19,20). The number of aromatic nitrogens is 2. The zero-order chi connectivity index (χ0) is 14.7. The van der Waals surface area contributed by atoms with Crippen molar-refractivity contribution in [2.45, 2.75) is 26.2 Å². The van der Waals surface area contributed by atoms with Crippen molar-refractivity contribution in [2.75, 3.05) is 23.7 Å². The Morgan fingerprint density at radius 1 is 1.19 bits per heavy atom. The van der Waals surface area contributed by atoms with Gasteiger partial charge in [-0.25, -0.2) is 4.98 Å². The quantitative estimate of drug-likeness (QED) is 0.940. The number of nitrogens with two attached hydrogens (primary N) is 1. The summed E-state index contributed by atoms with van der Waals surface area (Å²) in [6.07, 6.45) is 5.41. The average molecular weight is 282 g/mol. The van der Waals surface area contributed by atoms with Crippen molar-refractivity contribution < 1.29 is 0 Å². The maximum absolute atomic E-state index is 5.71. The Morgan fingerprint density at radius 3 is 2.62 bits per heavy atom. The molecule has 0 atom stereocenters. The molecule has 0 saturated carbocycles. The molecular weight excluding hydrogens is 260 g/mol. The summed E-state index contributed by atoms with van der Waals surface area (Å²) in [5.74, 6) is 2.13. The molecule has 1 aliphatic heterocycles. The van der Waals surface area contributed by atoms with E-state index in [0.717, 1.165) is 30.4 Å². The van der Waals surface area contributed by atoms with Crippen LogP contribution in [-0.4, -0.2) is 23.1 Å². The Kier molecular flexibility index (Phi) is 4.04. The molecule has 4 heteroatoms. The van der Waals surface area contributed by atoms with Crippen molar-refractivity contribution in [1.82, 2.24) is 9.97 Å². The summed E-state index contributed by atoms with van der Waals surface area (Å²) in [6.45, 7) is 4.15. The minimum Gasteiger partial charge on any atom is -0.368 e. The maximum Gasteiger partial charge on any atom is 0.221 e. The van der Waals surface area contributed by atoms with E-state index in [1.54, 1.807) is 0 Å². The summed E-state index contributed by atoms with van der Waals surface area (Å²) < 4.78 is 0. The zero-order valence-electron chi connectivity index (χ0n) is 12.5. The van der Waals surface area contributed by atoms with Crippen LogP contribution < -0.4 is 10.6 Å². The van der Waals surface area contributed by atoms with Gasteiger partial charge in [0.2, 0.25) is 5.95 Å². The summed E-state index contributed by atoms with van der Waals surface area (Å²) in [4.78, 5) is 10.8. The van der Waals surface area contributed by atoms with Crippen LogP contribution in [0, 0.1) is 12.8 Å². The number of piperidine rings is 1. The van der Waals surface area contributed by atoms with Gasteiger partial charge in [-0.05, 0) is 37.7 Å². The third-order valence-electron chi connectivity index (χ3n) is 4.24. The minimum absolute atomic E-state index is 0.363. The van der Waals surface area contributed by atoms with Crippen molar-refractivity contribution >= 4 is 11.8 Å². The average Bonchev–Trinajstić information content (AvgIpc) is 2.52. The summed E-state index contributed by atoms with van der Waals surface area (Å²) in [5.41, 5.74) is 8.26. The monoisotopic (exact) mass is 282 g/mol. The molecule has 0 radical (unpaired) electrons. The molecule has 1 fully saturated rings. The molecule has 1 aromatic heterocycles. The van der Waals surface area contributed by atoms with E-state index >= 15 is 0 Å². The number of nitrogens with zero attached hydrogens (tertiary/aromatic N) is 3. The number of aryl methyl sites for hydroxylation is 1. The van der Waals surface area contributed by atoms with Gasteiger partial charge >= 0.3 is 0 Å². The first-order chi connectivity index (χ1) is 10.2. The van der Waals surface area contributed by atoms with Crippen molar-refractivity contribution in [1.29, 1.82) is 0 Å². The predicted molar refractivity (Wildman–Crippen MR) is 86.3 cm³/mol. The molecule has 4 nitrogen and oxygen atoms in total. The first-order valence-electron chi connectivity index (χ1n) is 7.60. The topological polar surface area (TPSA) is 55.0 Å². The molecule has 21 heavy (non-hydrogen) atoms. The first-order valence-corrected chi connectivity index (χ1v) is 7.60. The predicted octanol–water partition coefficient (Wildman–Crippen LogP) is 2.83. The van der Waals surface area contributed by atoms with Gasteiger partial charge < -0.3 is 10.6 Å². The Balaban J connectivity index is 1.61. The largest absolute Gasteiger partial charge is 0.368 e. The Hall–Kier alpha value is -2.10. The summed E-state index contributed by atoms with van der Waals surface area (Å²) in [7, 11) is 0. The maximum atomic E-state index is 5.71. The van der Waals surface area contributed by atoms with Crippen molar-refractivity contribution in [3.8, 4) is 0 Å². The van der Waals surface area contributed by atoms with Gasteiger partial charge in [0.15, 0.2) is 0 Å². The van der Waals surface area contributed by atoms with E-state index in [9.17, 15) is 0 Å². The van der Waals surface area contributed by atoms with Gasteiger partial charge in [0.05, 0.1) is 0 Å². The molecule has 0 amide bonds. The van der Waals surface area contributed by atoms with Crippen LogP contribution in [-0.2, 0) is 6.42 Å². The van der Waals surface area contributed by atoms with Crippen LogP contribution >= 0.6 is 0 Å². The van der Waals surface area contributed by atoms with E-state index in [1.807, 2.05) is 13.1 Å². The lowest BCUT2D eigenvalue weighted by atomic mass is 9.90. The number of hydrogen-bond donors (Lipinski definition) is 1. The lowest BCUT2D eigenvalue weighted by Crippen LogP contribution is -2.35. The van der Waals surface area contributed by atoms with E-state index in [4.69, 9.17) is 5.73 Å². The number of benzene rings is 1. The molecule has 2 heterocycles. The fraction of sp³-hybridized carbons (Fsp3) is 0.412. The van der Waals surface area contributed by atoms with Crippen LogP contribution in [0.4, 0.5) is 11.8 Å². The normalized spacial score (nSPS) is 16.1. The van der Waals surface area contributed by atoms with Crippen molar-refractivity contribution in [3.05, 3.63) is 47.7 Å². The van der Waals surface area contributed by atoms with Crippen molar-refractivity contribution in [3.63, 3.8) is 0 Å². The molecule has 3 rings (SSSR count). The van der Waals surface area contributed by atoms with Crippen LogP contribution in [0.1, 0.15) is 24.0 Å². The van der Waals surface area contributed by atoms with E-state index < -0.39 is 0 Å². The van der Waals surface area contributed by atoms with E-state index in [0.29, 0.717) is 5.95 Å². The van der Waals surface area contributed by atoms with E-state index in [2.05, 4.69) is 45.2 Å². The van der Waals surface area contributed by atoms with Gasteiger partial charge in [-0.1, -0.05) is 30.3 Å². The number of nitrogen functional groups attached to an aromatic ring is 1. The molecule has 1 saturated heterocycles. The molecule has 2 aromatic rings. The minimum atomic E-state index is 0.363. The molecule has 1 aromatic carbocycles. The van der Waals surface area contributed by atoms with Crippen LogP contribution in [0.25, 0.3) is 0 Å². The van der Waals surface area contributed by atoms with E-state index in [-0.39, 0.29) is 0 Å². The molecule has 0 bridgehead atoms. The van der Waals surface area contributed by atoms with Gasteiger partial charge in [0.25, 0.3) is 0 Å². The molecule has 0 aliphatic carbocycles. The second-order valence-electron chi connectivity index (χ2n) is 5.85. The second kappa shape index (κ2) is 6.12. The number of anilines is 2. The summed E-state index contributed by atoms with van der Waals surface area (Å²) >= 11 is 0. The zero-order valence-corrected chi connectivity index (χ0v) is 12.5. The molecule has 110 valence electrons. The van der Waals surface area contributed by atoms with Crippen LogP contribution in [0.3, 0.4) is 0 Å². The molecule has 0 unspecified atom stereocenters. The van der Waals surface area contributed by atoms with Gasteiger partial charge in [0.1, 0.15) is 5.82 Å². The molecule has 2 N–H and O–H groups in total. The Labute approximate surface area is 126 Å². The molecular formula is C17H22N4. The smallest absolute Gasteiger partial charge is 0.221 e. The highest BCUT2D eigenvalue weighted by Gasteiger charge is 2.21. The fourth-order valence-corrected chi connectivity index (χ4v) is 3.06. The highest BCUT2D eigenvalue weighted by molar-refractivity contribution is 5.48. The summed E-state index contributed by atoms with van der Waals surface area (Å²) in [5, 5.41) is 0. The molecule has 0 spiro atoms. The Morgan fingerprint density at radius 2 is 1.90 bits per heavy atom. The fourth-order valence-electron chi connectivity index (χ4n) is 3.06.